The van der Waals surface area contributed by atoms with Gasteiger partial charge in [0, 0.05) is 14.1 Å². The molecule has 2 heterocycles. The van der Waals surface area contributed by atoms with Gasteiger partial charge >= 0.3 is 18.0 Å². The molecule has 2 aromatic heterocycles. The summed E-state index contributed by atoms with van der Waals surface area (Å²) in [6.45, 7) is 6.80. The molecule has 0 amide bonds. The molecule has 13 heteroatoms. The quantitative estimate of drug-likeness (QED) is 0.187. The third-order valence-corrected chi connectivity index (χ3v) is 6.51. The van der Waals surface area contributed by atoms with Gasteiger partial charge in [-0.1, -0.05) is 37.3 Å². The zero-order valence-electron chi connectivity index (χ0n) is 20.8. The fourth-order valence-corrected chi connectivity index (χ4v) is 3.65. The first kappa shape index (κ1) is 27.0. The smallest absolute Gasteiger partial charge is 0.345 e. The molecule has 1 aromatic carbocycles. The third-order valence-electron chi connectivity index (χ3n) is 4.62. The van der Waals surface area contributed by atoms with Crippen molar-refractivity contribution in [2.24, 2.45) is 0 Å². The Bertz CT molecular complexity index is 1200. The number of carbonyl (C=O) groups excluding carboxylic acids is 1. The maximum atomic E-state index is 13.2. The Hall–Kier alpha value is -3.64. The molecule has 0 spiro atoms. The van der Waals surface area contributed by atoms with Gasteiger partial charge in [-0.05, 0) is 18.2 Å². The molecule has 36 heavy (non-hydrogen) atoms. The highest BCUT2D eigenvalue weighted by molar-refractivity contribution is 6.76. The van der Waals surface area contributed by atoms with E-state index in [2.05, 4.69) is 39.6 Å². The lowest BCUT2D eigenvalue weighted by Crippen LogP contribution is -2.23. The third kappa shape index (κ3) is 7.43. The minimum Gasteiger partial charge on any atom is -0.481 e. The van der Waals surface area contributed by atoms with Crippen LogP contribution in [0.1, 0.15) is 10.4 Å². The number of halogens is 1. The van der Waals surface area contributed by atoms with Crippen molar-refractivity contribution in [3.05, 3.63) is 41.0 Å². The molecule has 0 fully saturated rings. The zero-order valence-corrected chi connectivity index (χ0v) is 22.6. The highest BCUT2D eigenvalue weighted by atomic mass is 35.5. The van der Waals surface area contributed by atoms with E-state index in [-0.39, 0.29) is 58.5 Å². The van der Waals surface area contributed by atoms with Gasteiger partial charge in [0.2, 0.25) is 17.6 Å². The van der Waals surface area contributed by atoms with Crippen LogP contribution < -0.4 is 23.7 Å². The van der Waals surface area contributed by atoms with Crippen LogP contribution in [-0.2, 0) is 4.74 Å². The Balaban J connectivity index is 2.01. The van der Waals surface area contributed by atoms with Crippen LogP contribution in [0.2, 0.25) is 30.8 Å². The topological polar surface area (TPSA) is 124 Å². The predicted octanol–water partition coefficient (Wildman–Crippen LogP) is 5.03. The molecule has 0 aliphatic rings. The predicted molar refractivity (Wildman–Crippen MR) is 134 cm³/mol. The van der Waals surface area contributed by atoms with Crippen molar-refractivity contribution >= 4 is 25.6 Å². The number of esters is 1. The largest absolute Gasteiger partial charge is 0.481 e. The van der Waals surface area contributed by atoms with Crippen LogP contribution in [0, 0.1) is 0 Å². The highest BCUT2D eigenvalue weighted by Gasteiger charge is 2.24. The molecular weight excluding hydrogens is 508 g/mol. The van der Waals surface area contributed by atoms with E-state index in [1.54, 1.807) is 18.2 Å². The van der Waals surface area contributed by atoms with Crippen LogP contribution in [0.15, 0.2) is 30.3 Å². The van der Waals surface area contributed by atoms with Crippen molar-refractivity contribution < 1.29 is 33.2 Å². The molecule has 0 unspecified atom stereocenters. The molecule has 0 saturated heterocycles. The second-order valence-electron chi connectivity index (χ2n) is 8.53. The summed E-state index contributed by atoms with van der Waals surface area (Å²) in [6, 6.07) is 8.16. The van der Waals surface area contributed by atoms with Crippen molar-refractivity contribution in [3.63, 3.8) is 0 Å². The van der Waals surface area contributed by atoms with Crippen LogP contribution in [0.4, 0.5) is 0 Å². The molecule has 3 rings (SSSR count). The van der Waals surface area contributed by atoms with Crippen molar-refractivity contribution in [2.45, 2.75) is 25.7 Å². The van der Waals surface area contributed by atoms with E-state index >= 15 is 0 Å². The number of nitrogens with zero attached hydrogens (tertiary/aromatic N) is 4. The van der Waals surface area contributed by atoms with Gasteiger partial charge in [-0.25, -0.2) is 4.79 Å². The highest BCUT2D eigenvalue weighted by Crippen LogP contribution is 2.35. The standard InChI is InChI=1S/C23H27ClN4O7Si/c1-30-17-12-16(24)25-22(26-17)34-14-8-7-9-15(20(14)21(29)33-10-11-36(4,5)6)35-23-27-18(31-2)13-19(28-23)32-3/h7-9,12-13H,10-11H2,1-6H3. The number of hydrogen-bond donors (Lipinski definition) is 0. The van der Waals surface area contributed by atoms with Gasteiger partial charge in [-0.2, -0.15) is 19.9 Å². The first-order chi connectivity index (χ1) is 17.1. The Morgan fingerprint density at radius 3 is 1.83 bits per heavy atom. The molecule has 0 saturated carbocycles. The summed E-state index contributed by atoms with van der Waals surface area (Å²) >= 11 is 6.04. The van der Waals surface area contributed by atoms with Gasteiger partial charge in [0.15, 0.2) is 0 Å². The molecule has 0 aliphatic carbocycles. The average Bonchev–Trinajstić information content (AvgIpc) is 2.82. The minimum atomic E-state index is -1.45. The van der Waals surface area contributed by atoms with Crippen LogP contribution in [0.3, 0.4) is 0 Å². The molecule has 11 nitrogen and oxygen atoms in total. The number of aromatic nitrogens is 4. The summed E-state index contributed by atoms with van der Waals surface area (Å²) in [7, 11) is 2.87. The Labute approximate surface area is 214 Å². The minimum absolute atomic E-state index is 0.0130. The summed E-state index contributed by atoms with van der Waals surface area (Å²) in [5, 5.41) is 0.0976. The lowest BCUT2D eigenvalue weighted by atomic mass is 10.2. The Morgan fingerprint density at radius 2 is 1.33 bits per heavy atom. The normalized spacial score (nSPS) is 11.0. The second-order valence-corrected chi connectivity index (χ2v) is 14.5. The monoisotopic (exact) mass is 534 g/mol. The number of benzene rings is 1. The van der Waals surface area contributed by atoms with Crippen LogP contribution in [-0.4, -0.2) is 61.9 Å². The summed E-state index contributed by atoms with van der Waals surface area (Å²) in [4.78, 5) is 29.7. The summed E-state index contributed by atoms with van der Waals surface area (Å²) < 4.78 is 32.7. The maximum absolute atomic E-state index is 13.2. The zero-order chi connectivity index (χ0) is 26.3. The molecule has 0 aliphatic heterocycles. The van der Waals surface area contributed by atoms with E-state index in [9.17, 15) is 4.79 Å². The number of ether oxygens (including phenoxy) is 6. The second kappa shape index (κ2) is 11.9. The van der Waals surface area contributed by atoms with Crippen LogP contribution in [0.5, 0.6) is 41.2 Å². The first-order valence-corrected chi connectivity index (χ1v) is 14.9. The molecule has 0 radical (unpaired) electrons. The van der Waals surface area contributed by atoms with Crippen LogP contribution >= 0.6 is 11.6 Å². The molecule has 3 aromatic rings. The molecule has 0 atom stereocenters. The molecule has 0 N–H and O–H groups in total. The van der Waals surface area contributed by atoms with Crippen molar-refractivity contribution in [3.8, 4) is 41.2 Å². The van der Waals surface area contributed by atoms with Gasteiger partial charge in [0.05, 0.1) is 34.0 Å². The molecular formula is C23H27ClN4O7Si. The number of carbonyl (C=O) groups is 1. The van der Waals surface area contributed by atoms with Crippen molar-refractivity contribution in [1.29, 1.82) is 0 Å². The maximum Gasteiger partial charge on any atom is 0.345 e. The van der Waals surface area contributed by atoms with Gasteiger partial charge in [-0.3, -0.25) is 0 Å². The van der Waals surface area contributed by atoms with Crippen molar-refractivity contribution in [1.82, 2.24) is 19.9 Å². The van der Waals surface area contributed by atoms with E-state index in [1.807, 2.05) is 0 Å². The summed E-state index contributed by atoms with van der Waals surface area (Å²) in [5.74, 6) is 0.0987. The van der Waals surface area contributed by atoms with Crippen molar-refractivity contribution in [2.75, 3.05) is 27.9 Å². The summed E-state index contributed by atoms with van der Waals surface area (Å²) in [5.41, 5.74) is -0.0130. The first-order valence-electron chi connectivity index (χ1n) is 10.8. The van der Waals surface area contributed by atoms with E-state index in [0.717, 1.165) is 6.04 Å². The summed E-state index contributed by atoms with van der Waals surface area (Å²) in [6.07, 6.45) is 0. The van der Waals surface area contributed by atoms with Crippen LogP contribution in [0.25, 0.3) is 0 Å². The number of hydrogen-bond acceptors (Lipinski definition) is 11. The van der Waals surface area contributed by atoms with Gasteiger partial charge in [0.1, 0.15) is 22.2 Å². The Kier molecular flexibility index (Phi) is 8.88. The van der Waals surface area contributed by atoms with E-state index < -0.39 is 14.0 Å². The Morgan fingerprint density at radius 1 is 0.833 bits per heavy atom. The SMILES string of the molecule is COc1cc(Cl)nc(Oc2cccc(Oc3nc(OC)cc(OC)n3)c2C(=O)OCC[Si](C)(C)C)n1. The average molecular weight is 535 g/mol. The van der Waals surface area contributed by atoms with E-state index in [4.69, 9.17) is 40.0 Å². The number of methoxy groups -OCH3 is 3. The molecule has 192 valence electrons. The lowest BCUT2D eigenvalue weighted by molar-refractivity contribution is 0.0519. The lowest BCUT2D eigenvalue weighted by Gasteiger charge is -2.17. The van der Waals surface area contributed by atoms with Gasteiger partial charge in [0.25, 0.3) is 0 Å². The van der Waals surface area contributed by atoms with Gasteiger partial charge < -0.3 is 28.4 Å². The number of rotatable bonds is 11. The molecule has 0 bridgehead atoms. The van der Waals surface area contributed by atoms with Gasteiger partial charge in [-0.15, -0.1) is 0 Å². The fraction of sp³-hybridized carbons (Fsp3) is 0.348. The fourth-order valence-electron chi connectivity index (χ4n) is 2.77. The van der Waals surface area contributed by atoms with E-state index in [0.29, 0.717) is 0 Å². The van der Waals surface area contributed by atoms with E-state index in [1.165, 1.54) is 33.5 Å².